The van der Waals surface area contributed by atoms with Gasteiger partial charge in [0.25, 0.3) is 15.9 Å². The topological polar surface area (TPSA) is 94.6 Å². The van der Waals surface area contributed by atoms with E-state index >= 15 is 0 Å². The summed E-state index contributed by atoms with van der Waals surface area (Å²) < 4.78 is 50.5. The van der Waals surface area contributed by atoms with E-state index in [0.29, 0.717) is 0 Å². The number of nitrogens with zero attached hydrogens (tertiary/aromatic N) is 1. The van der Waals surface area contributed by atoms with Gasteiger partial charge in [-0.2, -0.15) is 0 Å². The SMILES string of the molecule is COCCOc1ccc(Cl)cc1S(=O)(=O)NC(=O)c1ncccc1F. The van der Waals surface area contributed by atoms with Crippen LogP contribution in [0.15, 0.2) is 41.4 Å². The number of rotatable bonds is 7. The molecule has 0 unspecified atom stereocenters. The quantitative estimate of drug-likeness (QED) is 0.729. The van der Waals surface area contributed by atoms with Crippen molar-refractivity contribution in [3.63, 3.8) is 0 Å². The van der Waals surface area contributed by atoms with E-state index in [0.717, 1.165) is 12.1 Å². The number of hydrogen-bond donors (Lipinski definition) is 1. The summed E-state index contributed by atoms with van der Waals surface area (Å²) in [5, 5.41) is 0.121. The number of halogens is 2. The number of methoxy groups -OCH3 is 1. The minimum atomic E-state index is -4.37. The van der Waals surface area contributed by atoms with Crippen LogP contribution in [0.3, 0.4) is 0 Å². The van der Waals surface area contributed by atoms with Gasteiger partial charge in [-0.1, -0.05) is 11.6 Å². The lowest BCUT2D eigenvalue weighted by Crippen LogP contribution is -2.32. The average molecular weight is 389 g/mol. The summed E-state index contributed by atoms with van der Waals surface area (Å²) in [6, 6.07) is 6.17. The average Bonchev–Trinajstić information content (AvgIpc) is 2.56. The number of sulfonamides is 1. The highest BCUT2D eigenvalue weighted by atomic mass is 35.5. The number of hydrogen-bond acceptors (Lipinski definition) is 6. The molecule has 10 heteroatoms. The summed E-state index contributed by atoms with van der Waals surface area (Å²) in [5.41, 5.74) is -0.644. The Hall–Kier alpha value is -2.23. The van der Waals surface area contributed by atoms with Gasteiger partial charge in [0, 0.05) is 18.3 Å². The first-order valence-electron chi connectivity index (χ1n) is 6.94. The molecule has 0 atom stereocenters. The molecule has 1 aromatic heterocycles. The van der Waals surface area contributed by atoms with E-state index in [1.165, 1.54) is 31.5 Å². The fourth-order valence-corrected chi connectivity index (χ4v) is 3.19. The first-order chi connectivity index (χ1) is 11.8. The molecule has 0 bridgehead atoms. The molecule has 0 spiro atoms. The third kappa shape index (κ3) is 4.88. The monoisotopic (exact) mass is 388 g/mol. The van der Waals surface area contributed by atoms with E-state index in [4.69, 9.17) is 21.1 Å². The van der Waals surface area contributed by atoms with E-state index in [1.54, 1.807) is 4.72 Å². The second kappa shape index (κ2) is 8.24. The Kier molecular flexibility index (Phi) is 6.29. The molecule has 0 saturated heterocycles. The summed E-state index contributed by atoms with van der Waals surface area (Å²) >= 11 is 5.83. The van der Waals surface area contributed by atoms with Gasteiger partial charge < -0.3 is 9.47 Å². The van der Waals surface area contributed by atoms with E-state index in [2.05, 4.69) is 4.98 Å². The molecule has 1 heterocycles. The molecule has 1 amide bonds. The lowest BCUT2D eigenvalue weighted by atomic mass is 10.3. The minimum Gasteiger partial charge on any atom is -0.490 e. The maximum atomic E-state index is 13.6. The molecule has 0 radical (unpaired) electrons. The van der Waals surface area contributed by atoms with Crippen molar-refractivity contribution in [1.29, 1.82) is 0 Å². The van der Waals surface area contributed by atoms with Gasteiger partial charge in [-0.05, 0) is 30.3 Å². The fraction of sp³-hybridized carbons (Fsp3) is 0.200. The Morgan fingerprint density at radius 3 is 2.76 bits per heavy atom. The van der Waals surface area contributed by atoms with Crippen LogP contribution >= 0.6 is 11.6 Å². The van der Waals surface area contributed by atoms with Crippen LogP contribution in [-0.2, 0) is 14.8 Å². The smallest absolute Gasteiger partial charge is 0.286 e. The molecular formula is C15H14ClFN2O5S. The number of pyridine rings is 1. The molecule has 25 heavy (non-hydrogen) atoms. The van der Waals surface area contributed by atoms with Crippen LogP contribution in [-0.4, -0.2) is 39.6 Å². The largest absolute Gasteiger partial charge is 0.490 e. The molecule has 0 aliphatic carbocycles. The molecule has 134 valence electrons. The van der Waals surface area contributed by atoms with Crippen LogP contribution < -0.4 is 9.46 Å². The first kappa shape index (κ1) is 19.1. The highest BCUT2D eigenvalue weighted by Gasteiger charge is 2.25. The Morgan fingerprint density at radius 1 is 1.32 bits per heavy atom. The second-order valence-corrected chi connectivity index (χ2v) is 6.79. The van der Waals surface area contributed by atoms with Crippen molar-refractivity contribution >= 4 is 27.5 Å². The maximum absolute atomic E-state index is 13.6. The third-order valence-electron chi connectivity index (χ3n) is 2.94. The van der Waals surface area contributed by atoms with E-state index < -0.39 is 27.4 Å². The van der Waals surface area contributed by atoms with Gasteiger partial charge in [-0.25, -0.2) is 22.5 Å². The number of ether oxygens (including phenoxy) is 2. The molecule has 0 fully saturated rings. The zero-order valence-corrected chi connectivity index (χ0v) is 14.6. The summed E-state index contributed by atoms with van der Waals surface area (Å²) in [6.45, 7) is 0.317. The Labute approximate surface area is 148 Å². The third-order valence-corrected chi connectivity index (χ3v) is 4.53. The molecule has 1 aromatic carbocycles. The zero-order chi connectivity index (χ0) is 18.4. The van der Waals surface area contributed by atoms with Crippen molar-refractivity contribution in [2.75, 3.05) is 20.3 Å². The molecule has 2 aromatic rings. The van der Waals surface area contributed by atoms with Crippen molar-refractivity contribution in [3.8, 4) is 5.75 Å². The predicted octanol–water partition coefficient (Wildman–Crippen LogP) is 2.02. The first-order valence-corrected chi connectivity index (χ1v) is 8.80. The van der Waals surface area contributed by atoms with Crippen LogP contribution in [0.2, 0.25) is 5.02 Å². The van der Waals surface area contributed by atoms with E-state index in [1.807, 2.05) is 0 Å². The summed E-state index contributed by atoms with van der Waals surface area (Å²) in [4.78, 5) is 15.2. The van der Waals surface area contributed by atoms with Crippen LogP contribution in [0.25, 0.3) is 0 Å². The van der Waals surface area contributed by atoms with Crippen molar-refractivity contribution in [1.82, 2.24) is 9.71 Å². The van der Waals surface area contributed by atoms with Gasteiger partial charge in [0.05, 0.1) is 6.61 Å². The molecular weight excluding hydrogens is 375 g/mol. The summed E-state index contributed by atoms with van der Waals surface area (Å²) in [5.74, 6) is -2.18. The van der Waals surface area contributed by atoms with Gasteiger partial charge in [-0.15, -0.1) is 0 Å². The number of benzene rings is 1. The predicted molar refractivity (Wildman–Crippen MR) is 87.7 cm³/mol. The Balaban J connectivity index is 2.31. The Morgan fingerprint density at radius 2 is 2.08 bits per heavy atom. The van der Waals surface area contributed by atoms with Crippen LogP contribution in [0.1, 0.15) is 10.5 Å². The second-order valence-electron chi connectivity index (χ2n) is 4.70. The normalized spacial score (nSPS) is 11.2. The van der Waals surface area contributed by atoms with Crippen molar-refractivity contribution < 1.29 is 27.1 Å². The van der Waals surface area contributed by atoms with Crippen molar-refractivity contribution in [2.45, 2.75) is 4.90 Å². The van der Waals surface area contributed by atoms with Gasteiger partial charge in [0.15, 0.2) is 11.5 Å². The highest BCUT2D eigenvalue weighted by Crippen LogP contribution is 2.27. The Bertz CT molecular complexity index is 876. The van der Waals surface area contributed by atoms with E-state index in [-0.39, 0.29) is 28.9 Å². The molecule has 0 aliphatic rings. The van der Waals surface area contributed by atoms with Crippen LogP contribution in [0.5, 0.6) is 5.75 Å². The molecule has 0 aliphatic heterocycles. The van der Waals surface area contributed by atoms with Crippen LogP contribution in [0, 0.1) is 5.82 Å². The minimum absolute atomic E-state index is 0.0248. The number of amides is 1. The summed E-state index contributed by atoms with van der Waals surface area (Å²) in [6.07, 6.45) is 1.17. The highest BCUT2D eigenvalue weighted by molar-refractivity contribution is 7.90. The molecule has 1 N–H and O–H groups in total. The van der Waals surface area contributed by atoms with E-state index in [9.17, 15) is 17.6 Å². The lowest BCUT2D eigenvalue weighted by molar-refractivity contribution is 0.0972. The van der Waals surface area contributed by atoms with Gasteiger partial charge in [-0.3, -0.25) is 4.79 Å². The van der Waals surface area contributed by atoms with Gasteiger partial charge >= 0.3 is 0 Å². The molecule has 7 nitrogen and oxygen atoms in total. The lowest BCUT2D eigenvalue weighted by Gasteiger charge is -2.13. The summed E-state index contributed by atoms with van der Waals surface area (Å²) in [7, 11) is -2.91. The number of carbonyl (C=O) groups is 1. The number of aromatic nitrogens is 1. The fourth-order valence-electron chi connectivity index (χ4n) is 1.82. The molecule has 2 rings (SSSR count). The van der Waals surface area contributed by atoms with Gasteiger partial charge in [0.2, 0.25) is 0 Å². The van der Waals surface area contributed by atoms with Crippen molar-refractivity contribution in [2.24, 2.45) is 0 Å². The number of nitrogens with one attached hydrogen (secondary N) is 1. The standard InChI is InChI=1S/C15H14ClFN2O5S/c1-23-7-8-24-12-5-4-10(16)9-13(12)25(21,22)19-15(20)14-11(17)3-2-6-18-14/h2-6,9H,7-8H2,1H3,(H,19,20). The molecule has 0 saturated carbocycles. The van der Waals surface area contributed by atoms with Crippen molar-refractivity contribution in [3.05, 3.63) is 53.1 Å². The van der Waals surface area contributed by atoms with Crippen LogP contribution in [0.4, 0.5) is 4.39 Å². The van der Waals surface area contributed by atoms with Gasteiger partial charge in [0.1, 0.15) is 17.3 Å². The number of carbonyl (C=O) groups excluding carboxylic acids is 1. The maximum Gasteiger partial charge on any atom is 0.286 e. The zero-order valence-electron chi connectivity index (χ0n) is 13.0.